The molecule has 4 rings (SSSR count). The molecule has 0 saturated heterocycles. The van der Waals surface area contributed by atoms with Crippen LogP contribution < -0.4 is 15.4 Å². The van der Waals surface area contributed by atoms with Crippen LogP contribution >= 0.6 is 22.9 Å². The van der Waals surface area contributed by atoms with E-state index >= 15 is 0 Å². The predicted octanol–water partition coefficient (Wildman–Crippen LogP) is 6.02. The minimum atomic E-state index is -0.258. The summed E-state index contributed by atoms with van der Waals surface area (Å²) in [6.45, 7) is 0. The fraction of sp³-hybridized carbons (Fsp3) is 0.0417. The Labute approximate surface area is 193 Å². The molecule has 0 aliphatic carbocycles. The minimum absolute atomic E-state index is 0.0537. The Bertz CT molecular complexity index is 1240. The van der Waals surface area contributed by atoms with Crippen molar-refractivity contribution in [2.45, 2.75) is 6.42 Å². The van der Waals surface area contributed by atoms with Gasteiger partial charge in [0.15, 0.2) is 10.9 Å². The molecule has 0 atom stereocenters. The van der Waals surface area contributed by atoms with Crippen molar-refractivity contribution in [3.05, 3.63) is 101 Å². The molecule has 3 aromatic carbocycles. The number of thiazole rings is 1. The van der Waals surface area contributed by atoms with Crippen LogP contribution in [0.5, 0.6) is 11.5 Å². The number of nitrogens with zero attached hydrogens (tertiary/aromatic N) is 1. The first kappa shape index (κ1) is 21.5. The summed E-state index contributed by atoms with van der Waals surface area (Å²) in [6, 6.07) is 23.1. The molecule has 1 aromatic heterocycles. The number of carbonyl (C=O) groups excluding carboxylic acids is 2. The highest BCUT2D eigenvalue weighted by Gasteiger charge is 2.13. The van der Waals surface area contributed by atoms with Gasteiger partial charge in [0.2, 0.25) is 5.91 Å². The average Bonchev–Trinajstić information content (AvgIpc) is 3.23. The van der Waals surface area contributed by atoms with Gasteiger partial charge in [-0.25, -0.2) is 4.98 Å². The van der Waals surface area contributed by atoms with E-state index in [9.17, 15) is 9.59 Å². The smallest absolute Gasteiger partial charge is 0.257 e. The number of nitrogens with one attached hydrogen (secondary N) is 2. The summed E-state index contributed by atoms with van der Waals surface area (Å²) in [7, 11) is 0. The second-order valence-electron chi connectivity index (χ2n) is 6.72. The maximum Gasteiger partial charge on any atom is 0.257 e. The van der Waals surface area contributed by atoms with Crippen molar-refractivity contribution in [1.82, 2.24) is 4.98 Å². The lowest BCUT2D eigenvalue weighted by Crippen LogP contribution is -2.15. The van der Waals surface area contributed by atoms with E-state index in [1.54, 1.807) is 60.0 Å². The second-order valence-corrected chi connectivity index (χ2v) is 7.98. The van der Waals surface area contributed by atoms with Gasteiger partial charge in [-0.15, -0.1) is 11.3 Å². The molecule has 1 heterocycles. The number of anilines is 2. The van der Waals surface area contributed by atoms with Gasteiger partial charge in [0.1, 0.15) is 5.75 Å². The van der Waals surface area contributed by atoms with Crippen LogP contribution in [0, 0.1) is 0 Å². The quantitative estimate of drug-likeness (QED) is 0.351. The topological polar surface area (TPSA) is 80.3 Å². The fourth-order valence-electron chi connectivity index (χ4n) is 2.87. The fourth-order valence-corrected chi connectivity index (χ4v) is 3.75. The Morgan fingerprint density at radius 3 is 2.34 bits per heavy atom. The average molecular weight is 464 g/mol. The van der Waals surface area contributed by atoms with Crippen LogP contribution in [-0.2, 0) is 11.2 Å². The van der Waals surface area contributed by atoms with Crippen molar-refractivity contribution in [2.24, 2.45) is 0 Å². The Kier molecular flexibility index (Phi) is 6.79. The molecule has 0 unspecified atom stereocenters. The van der Waals surface area contributed by atoms with Gasteiger partial charge in [-0.1, -0.05) is 54.1 Å². The largest absolute Gasteiger partial charge is 0.454 e. The number of rotatable bonds is 7. The van der Waals surface area contributed by atoms with Crippen LogP contribution in [-0.4, -0.2) is 16.8 Å². The predicted molar refractivity (Wildman–Crippen MR) is 127 cm³/mol. The van der Waals surface area contributed by atoms with Crippen LogP contribution in [0.1, 0.15) is 16.1 Å². The molecule has 0 bridgehead atoms. The molecule has 6 nitrogen and oxygen atoms in total. The highest BCUT2D eigenvalue weighted by molar-refractivity contribution is 7.14. The molecule has 2 amide bonds. The van der Waals surface area contributed by atoms with E-state index in [4.69, 9.17) is 16.3 Å². The number of halogens is 1. The first-order chi connectivity index (χ1) is 15.6. The van der Waals surface area contributed by atoms with Gasteiger partial charge in [0, 0.05) is 10.9 Å². The van der Waals surface area contributed by atoms with E-state index in [1.807, 2.05) is 24.3 Å². The molecule has 2 N–H and O–H groups in total. The minimum Gasteiger partial charge on any atom is -0.454 e. The summed E-state index contributed by atoms with van der Waals surface area (Å²) in [5.74, 6) is 0.463. The summed E-state index contributed by atoms with van der Waals surface area (Å²) in [5.41, 5.74) is 1.61. The highest BCUT2D eigenvalue weighted by Crippen LogP contribution is 2.33. The van der Waals surface area contributed by atoms with Crippen molar-refractivity contribution in [1.29, 1.82) is 0 Å². The summed E-state index contributed by atoms with van der Waals surface area (Å²) < 4.78 is 5.87. The number of ether oxygens (including phenoxy) is 1. The molecule has 0 radical (unpaired) electrons. The second kappa shape index (κ2) is 10.1. The number of para-hydroxylation sites is 3. The molecule has 8 heteroatoms. The number of hydrogen-bond acceptors (Lipinski definition) is 5. The Morgan fingerprint density at radius 2 is 1.56 bits per heavy atom. The number of benzene rings is 3. The number of amides is 2. The van der Waals surface area contributed by atoms with E-state index in [1.165, 1.54) is 11.3 Å². The van der Waals surface area contributed by atoms with Crippen molar-refractivity contribution in [3.8, 4) is 11.5 Å². The molecule has 0 spiro atoms. The van der Waals surface area contributed by atoms with Crippen LogP contribution in [0.25, 0.3) is 0 Å². The maximum absolute atomic E-state index is 12.6. The number of hydrogen-bond donors (Lipinski definition) is 2. The molecule has 32 heavy (non-hydrogen) atoms. The number of carbonyl (C=O) groups is 2. The van der Waals surface area contributed by atoms with Gasteiger partial charge >= 0.3 is 0 Å². The zero-order valence-corrected chi connectivity index (χ0v) is 18.3. The molecule has 0 fully saturated rings. The van der Waals surface area contributed by atoms with Gasteiger partial charge in [-0.05, 0) is 36.4 Å². The monoisotopic (exact) mass is 463 g/mol. The molecule has 0 aliphatic heterocycles. The van der Waals surface area contributed by atoms with Gasteiger partial charge in [-0.2, -0.15) is 0 Å². The van der Waals surface area contributed by atoms with E-state index in [2.05, 4.69) is 15.6 Å². The normalized spacial score (nSPS) is 10.4. The lowest BCUT2D eigenvalue weighted by molar-refractivity contribution is -0.115. The van der Waals surface area contributed by atoms with Gasteiger partial charge in [0.05, 0.1) is 22.8 Å². The molecular formula is C24H18ClN3O3S. The highest BCUT2D eigenvalue weighted by atomic mass is 35.5. The first-order valence-electron chi connectivity index (χ1n) is 9.70. The Hall–Kier alpha value is -3.68. The van der Waals surface area contributed by atoms with Gasteiger partial charge in [0.25, 0.3) is 5.91 Å². The maximum atomic E-state index is 12.6. The van der Waals surface area contributed by atoms with Crippen LogP contribution in [0.3, 0.4) is 0 Å². The van der Waals surface area contributed by atoms with E-state index in [0.717, 1.165) is 0 Å². The summed E-state index contributed by atoms with van der Waals surface area (Å²) in [5, 5.41) is 8.24. The summed E-state index contributed by atoms with van der Waals surface area (Å²) in [4.78, 5) is 29.2. The van der Waals surface area contributed by atoms with Gasteiger partial charge < -0.3 is 10.1 Å². The van der Waals surface area contributed by atoms with Gasteiger partial charge in [-0.3, -0.25) is 14.9 Å². The first-order valence-corrected chi connectivity index (χ1v) is 11.0. The Morgan fingerprint density at radius 1 is 0.875 bits per heavy atom. The third-order valence-corrected chi connectivity index (χ3v) is 5.49. The van der Waals surface area contributed by atoms with E-state index < -0.39 is 0 Å². The zero-order valence-electron chi connectivity index (χ0n) is 16.7. The summed E-state index contributed by atoms with van der Waals surface area (Å²) in [6.07, 6.45) is 0.0537. The third kappa shape index (κ3) is 5.51. The van der Waals surface area contributed by atoms with Crippen molar-refractivity contribution >= 4 is 45.6 Å². The van der Waals surface area contributed by atoms with Crippen LogP contribution in [0.15, 0.2) is 84.2 Å². The molecular weight excluding hydrogens is 446 g/mol. The number of aromatic nitrogens is 1. The zero-order chi connectivity index (χ0) is 22.3. The van der Waals surface area contributed by atoms with E-state index in [-0.39, 0.29) is 18.2 Å². The summed E-state index contributed by atoms with van der Waals surface area (Å²) >= 11 is 7.43. The lowest BCUT2D eigenvalue weighted by Gasteiger charge is -2.12. The molecule has 0 saturated carbocycles. The van der Waals surface area contributed by atoms with Crippen LogP contribution in [0.4, 0.5) is 10.8 Å². The van der Waals surface area contributed by atoms with Crippen molar-refractivity contribution in [2.75, 3.05) is 10.6 Å². The third-order valence-electron chi connectivity index (χ3n) is 4.37. The SMILES string of the molecule is O=C(Cc1csc(NC(=O)c2ccccc2)n1)Nc1ccccc1Oc1ccccc1Cl. The molecule has 160 valence electrons. The van der Waals surface area contributed by atoms with E-state index in [0.29, 0.717) is 38.6 Å². The van der Waals surface area contributed by atoms with Crippen molar-refractivity contribution in [3.63, 3.8) is 0 Å². The molecule has 0 aliphatic rings. The standard InChI is InChI=1S/C24H18ClN3O3S/c25-18-10-4-6-12-20(18)31-21-13-7-5-11-19(21)27-22(29)14-17-15-32-24(26-17)28-23(30)16-8-2-1-3-9-16/h1-13,15H,14H2,(H,27,29)(H,26,28,30). The van der Waals surface area contributed by atoms with Crippen molar-refractivity contribution < 1.29 is 14.3 Å². The Balaban J connectivity index is 1.39. The lowest BCUT2D eigenvalue weighted by atomic mass is 10.2. The molecule has 4 aromatic rings. The van der Waals surface area contributed by atoms with Crippen LogP contribution in [0.2, 0.25) is 5.02 Å².